The van der Waals surface area contributed by atoms with E-state index in [1.54, 1.807) is 19.1 Å². The van der Waals surface area contributed by atoms with Gasteiger partial charge in [0.25, 0.3) is 5.69 Å². The fourth-order valence-electron chi connectivity index (χ4n) is 2.85. The molecule has 8 heteroatoms. The van der Waals surface area contributed by atoms with Crippen molar-refractivity contribution in [1.82, 2.24) is 0 Å². The molecule has 1 N–H and O–H groups in total. The number of nitrogens with zero attached hydrogens (tertiary/aromatic N) is 2. The van der Waals surface area contributed by atoms with Crippen LogP contribution in [0.3, 0.4) is 0 Å². The molecule has 1 aliphatic heterocycles. The number of anilines is 2. The van der Waals surface area contributed by atoms with Crippen LogP contribution in [0.15, 0.2) is 42.5 Å². The van der Waals surface area contributed by atoms with Crippen LogP contribution in [0.4, 0.5) is 17.1 Å². The van der Waals surface area contributed by atoms with Crippen LogP contribution in [-0.4, -0.2) is 16.7 Å². The highest BCUT2D eigenvalue weighted by molar-refractivity contribution is 6.31. The fraction of sp³-hybridized carbons (Fsp3) is 0.222. The number of benzene rings is 2. The van der Waals surface area contributed by atoms with Gasteiger partial charge in [0.2, 0.25) is 11.8 Å². The van der Waals surface area contributed by atoms with Crippen LogP contribution < -0.4 is 10.2 Å². The largest absolute Gasteiger partial charge is 0.375 e. The Morgan fingerprint density at radius 2 is 2.00 bits per heavy atom. The molecule has 26 heavy (non-hydrogen) atoms. The summed E-state index contributed by atoms with van der Waals surface area (Å²) in [5, 5.41) is 15.0. The molecule has 0 aliphatic carbocycles. The van der Waals surface area contributed by atoms with Crippen molar-refractivity contribution >= 4 is 40.5 Å². The summed E-state index contributed by atoms with van der Waals surface area (Å²) in [6.45, 7) is 1.96. The molecule has 134 valence electrons. The van der Waals surface area contributed by atoms with Crippen LogP contribution in [0.1, 0.15) is 18.9 Å². The Hall–Kier alpha value is -2.93. The van der Waals surface area contributed by atoms with Crippen molar-refractivity contribution in [3.63, 3.8) is 0 Å². The SMILES string of the molecule is C[C@@H]1CC(=O)N(c2ccc(NCc3ccccc3Cl)c([N+](=O)[O-])c2)C1=O. The van der Waals surface area contributed by atoms with Gasteiger partial charge in [0.1, 0.15) is 5.69 Å². The van der Waals surface area contributed by atoms with E-state index in [0.29, 0.717) is 11.6 Å². The van der Waals surface area contributed by atoms with Gasteiger partial charge >= 0.3 is 0 Å². The van der Waals surface area contributed by atoms with Crippen LogP contribution >= 0.6 is 11.6 Å². The number of carbonyl (C=O) groups excluding carboxylic acids is 2. The number of nitrogens with one attached hydrogen (secondary N) is 1. The molecule has 0 spiro atoms. The van der Waals surface area contributed by atoms with Crippen molar-refractivity contribution in [1.29, 1.82) is 0 Å². The van der Waals surface area contributed by atoms with Crippen molar-refractivity contribution in [3.05, 3.63) is 63.2 Å². The van der Waals surface area contributed by atoms with Crippen molar-refractivity contribution in [2.45, 2.75) is 19.9 Å². The summed E-state index contributed by atoms with van der Waals surface area (Å²) in [5.74, 6) is -1.12. The zero-order valence-corrected chi connectivity index (χ0v) is 14.7. The second kappa shape index (κ2) is 7.13. The molecule has 2 amide bonds. The van der Waals surface area contributed by atoms with Crippen LogP contribution in [0.2, 0.25) is 5.02 Å². The average Bonchev–Trinajstić information content (AvgIpc) is 2.86. The van der Waals surface area contributed by atoms with Crippen molar-refractivity contribution in [2.75, 3.05) is 10.2 Å². The van der Waals surface area contributed by atoms with E-state index < -0.39 is 10.8 Å². The second-order valence-corrected chi connectivity index (χ2v) is 6.48. The number of rotatable bonds is 5. The average molecular weight is 374 g/mol. The number of nitro benzene ring substituents is 1. The highest BCUT2D eigenvalue weighted by Crippen LogP contribution is 2.33. The van der Waals surface area contributed by atoms with Crippen molar-refractivity contribution in [3.8, 4) is 0 Å². The predicted octanol–water partition coefficient (Wildman–Crippen LogP) is 3.76. The molecule has 1 heterocycles. The zero-order chi connectivity index (χ0) is 18.8. The maximum Gasteiger partial charge on any atom is 0.294 e. The standard InChI is InChI=1S/C18H16ClN3O4/c1-11-8-17(23)21(18(11)24)13-6-7-15(16(9-13)22(25)26)20-10-12-4-2-3-5-14(12)19/h2-7,9,11,20H,8,10H2,1H3/t11-/m1/s1. The smallest absolute Gasteiger partial charge is 0.294 e. The first-order valence-corrected chi connectivity index (χ1v) is 8.39. The van der Waals surface area contributed by atoms with E-state index in [1.165, 1.54) is 18.2 Å². The number of hydrogen-bond donors (Lipinski definition) is 1. The summed E-state index contributed by atoms with van der Waals surface area (Å²) < 4.78 is 0. The number of hydrogen-bond acceptors (Lipinski definition) is 5. The maximum absolute atomic E-state index is 12.1. The molecule has 3 rings (SSSR count). The minimum absolute atomic E-state index is 0.110. The van der Waals surface area contributed by atoms with E-state index in [9.17, 15) is 19.7 Å². The maximum atomic E-state index is 12.1. The lowest BCUT2D eigenvalue weighted by atomic mass is 10.1. The Balaban J connectivity index is 1.88. The van der Waals surface area contributed by atoms with Crippen molar-refractivity contribution < 1.29 is 14.5 Å². The van der Waals surface area contributed by atoms with Gasteiger partial charge in [-0.1, -0.05) is 36.7 Å². The number of imide groups is 1. The molecular formula is C18H16ClN3O4. The lowest BCUT2D eigenvalue weighted by Crippen LogP contribution is -2.30. The third kappa shape index (κ3) is 3.39. The highest BCUT2D eigenvalue weighted by atomic mass is 35.5. The van der Waals surface area contributed by atoms with Gasteiger partial charge in [-0.3, -0.25) is 24.6 Å². The molecule has 0 saturated carbocycles. The minimum atomic E-state index is -0.549. The first kappa shape index (κ1) is 17.9. The third-order valence-corrected chi connectivity index (χ3v) is 4.60. The second-order valence-electron chi connectivity index (χ2n) is 6.08. The van der Waals surface area contributed by atoms with E-state index >= 15 is 0 Å². The molecule has 0 bridgehead atoms. The summed E-state index contributed by atoms with van der Waals surface area (Å²) in [5.41, 5.74) is 1.08. The van der Waals surface area contributed by atoms with Gasteiger partial charge in [-0.25, -0.2) is 0 Å². The lowest BCUT2D eigenvalue weighted by Gasteiger charge is -2.16. The minimum Gasteiger partial charge on any atom is -0.375 e. The summed E-state index contributed by atoms with van der Waals surface area (Å²) in [6, 6.07) is 11.4. The quantitative estimate of drug-likeness (QED) is 0.489. The topological polar surface area (TPSA) is 92.6 Å². The Morgan fingerprint density at radius 3 is 2.62 bits per heavy atom. The summed E-state index contributed by atoms with van der Waals surface area (Å²) in [4.78, 5) is 36.1. The Morgan fingerprint density at radius 1 is 1.27 bits per heavy atom. The van der Waals surface area contributed by atoms with E-state index in [2.05, 4.69) is 5.32 Å². The molecule has 1 fully saturated rings. The molecule has 2 aromatic carbocycles. The highest BCUT2D eigenvalue weighted by Gasteiger charge is 2.37. The van der Waals surface area contributed by atoms with Gasteiger partial charge in [-0.2, -0.15) is 0 Å². The van der Waals surface area contributed by atoms with Crippen LogP contribution in [0.25, 0.3) is 0 Å². The molecule has 7 nitrogen and oxygen atoms in total. The van der Waals surface area contributed by atoms with Crippen molar-refractivity contribution in [2.24, 2.45) is 5.92 Å². The third-order valence-electron chi connectivity index (χ3n) is 4.24. The van der Waals surface area contributed by atoms with Gasteiger partial charge in [-0.05, 0) is 23.8 Å². The van der Waals surface area contributed by atoms with E-state index in [4.69, 9.17) is 11.6 Å². The van der Waals surface area contributed by atoms with E-state index in [-0.39, 0.29) is 35.3 Å². The van der Waals surface area contributed by atoms with Crippen LogP contribution in [0, 0.1) is 16.0 Å². The summed E-state index contributed by atoms with van der Waals surface area (Å²) in [7, 11) is 0. The number of amides is 2. The van der Waals surface area contributed by atoms with Crippen LogP contribution in [-0.2, 0) is 16.1 Å². The zero-order valence-electron chi connectivity index (χ0n) is 13.9. The van der Waals surface area contributed by atoms with Gasteiger partial charge in [0, 0.05) is 30.0 Å². The summed E-state index contributed by atoms with van der Waals surface area (Å²) in [6.07, 6.45) is 0.110. The molecule has 1 saturated heterocycles. The Kier molecular flexibility index (Phi) is 4.90. The van der Waals surface area contributed by atoms with Gasteiger partial charge in [0.15, 0.2) is 0 Å². The Labute approximate surface area is 154 Å². The van der Waals surface area contributed by atoms with Crippen LogP contribution in [0.5, 0.6) is 0 Å². The number of halogens is 1. The molecule has 1 aliphatic rings. The molecule has 0 aromatic heterocycles. The fourth-order valence-corrected chi connectivity index (χ4v) is 3.05. The number of nitro groups is 1. The van der Waals surface area contributed by atoms with E-state index in [1.807, 2.05) is 12.1 Å². The molecule has 0 radical (unpaired) electrons. The first-order chi connectivity index (χ1) is 12.4. The Bertz CT molecular complexity index is 900. The van der Waals surface area contributed by atoms with E-state index in [0.717, 1.165) is 10.5 Å². The molecule has 1 atom stereocenters. The summed E-state index contributed by atoms with van der Waals surface area (Å²) >= 11 is 6.09. The monoisotopic (exact) mass is 373 g/mol. The molecule has 2 aromatic rings. The molecular weight excluding hydrogens is 358 g/mol. The first-order valence-electron chi connectivity index (χ1n) is 8.01. The number of carbonyl (C=O) groups is 2. The van der Waals surface area contributed by atoms with Gasteiger partial charge < -0.3 is 5.32 Å². The normalized spacial score (nSPS) is 16.8. The molecule has 0 unspecified atom stereocenters. The van der Waals surface area contributed by atoms with Gasteiger partial charge in [0.05, 0.1) is 10.6 Å². The lowest BCUT2D eigenvalue weighted by molar-refractivity contribution is -0.383. The predicted molar refractivity (Wildman–Crippen MR) is 98.1 cm³/mol. The van der Waals surface area contributed by atoms with Gasteiger partial charge in [-0.15, -0.1) is 0 Å².